The van der Waals surface area contributed by atoms with Gasteiger partial charge in [0.1, 0.15) is 0 Å². The Morgan fingerprint density at radius 2 is 1.93 bits per heavy atom. The lowest BCUT2D eigenvalue weighted by Crippen LogP contribution is -2.54. The van der Waals surface area contributed by atoms with Crippen LogP contribution in [0.1, 0.15) is 32.6 Å². The van der Waals surface area contributed by atoms with E-state index in [1.807, 2.05) is 4.90 Å². The largest absolute Gasteiger partial charge is 0.342 e. The van der Waals surface area contributed by atoms with Gasteiger partial charge in [0, 0.05) is 20.0 Å². The summed E-state index contributed by atoms with van der Waals surface area (Å²) in [7, 11) is 0. The van der Waals surface area contributed by atoms with E-state index in [9.17, 15) is 4.79 Å². The van der Waals surface area contributed by atoms with E-state index in [4.69, 9.17) is 5.73 Å². The highest BCUT2D eigenvalue weighted by molar-refractivity contribution is 5.74. The number of amides is 1. The SMILES string of the molecule is CC(=O)N1CC(C(CN)C2CCCC2)C1. The molecule has 2 rings (SSSR count). The van der Waals surface area contributed by atoms with E-state index in [1.54, 1.807) is 6.92 Å². The Kier molecular flexibility index (Phi) is 3.29. The summed E-state index contributed by atoms with van der Waals surface area (Å²) in [6.07, 6.45) is 5.48. The Balaban J connectivity index is 1.84. The minimum Gasteiger partial charge on any atom is -0.342 e. The molecule has 0 aromatic heterocycles. The van der Waals surface area contributed by atoms with Crippen LogP contribution in [0.3, 0.4) is 0 Å². The Morgan fingerprint density at radius 1 is 1.33 bits per heavy atom. The Hall–Kier alpha value is -0.570. The molecule has 3 nitrogen and oxygen atoms in total. The maximum absolute atomic E-state index is 11.1. The lowest BCUT2D eigenvalue weighted by molar-refractivity contribution is -0.136. The van der Waals surface area contributed by atoms with Crippen LogP contribution in [0.2, 0.25) is 0 Å². The molecule has 0 bridgehead atoms. The van der Waals surface area contributed by atoms with Gasteiger partial charge in [0.15, 0.2) is 0 Å². The molecule has 2 aliphatic rings. The third-order valence-corrected chi connectivity index (χ3v) is 4.24. The molecule has 1 atom stereocenters. The molecule has 86 valence electrons. The Bertz CT molecular complexity index is 230. The topological polar surface area (TPSA) is 46.3 Å². The first kappa shape index (κ1) is 10.9. The van der Waals surface area contributed by atoms with E-state index in [0.717, 1.165) is 25.6 Å². The highest BCUT2D eigenvalue weighted by atomic mass is 16.2. The van der Waals surface area contributed by atoms with Crippen LogP contribution in [0.15, 0.2) is 0 Å². The summed E-state index contributed by atoms with van der Waals surface area (Å²) >= 11 is 0. The second kappa shape index (κ2) is 4.52. The number of rotatable bonds is 3. The first-order valence-corrected chi connectivity index (χ1v) is 6.18. The number of carbonyl (C=O) groups excluding carboxylic acids is 1. The van der Waals surface area contributed by atoms with Crippen molar-refractivity contribution in [2.75, 3.05) is 19.6 Å². The van der Waals surface area contributed by atoms with Crippen molar-refractivity contribution < 1.29 is 4.79 Å². The van der Waals surface area contributed by atoms with E-state index >= 15 is 0 Å². The van der Waals surface area contributed by atoms with Crippen LogP contribution in [0, 0.1) is 17.8 Å². The average Bonchev–Trinajstić information content (AvgIpc) is 2.61. The molecule has 15 heavy (non-hydrogen) atoms. The fourth-order valence-corrected chi connectivity index (χ4v) is 3.20. The predicted octanol–water partition coefficient (Wildman–Crippen LogP) is 1.23. The van der Waals surface area contributed by atoms with Crippen molar-refractivity contribution >= 4 is 5.91 Å². The Labute approximate surface area is 92.0 Å². The van der Waals surface area contributed by atoms with Gasteiger partial charge in [-0.15, -0.1) is 0 Å². The minimum atomic E-state index is 0.216. The molecule has 2 fully saturated rings. The van der Waals surface area contributed by atoms with Crippen LogP contribution < -0.4 is 5.73 Å². The van der Waals surface area contributed by atoms with Crippen molar-refractivity contribution in [3.63, 3.8) is 0 Å². The maximum Gasteiger partial charge on any atom is 0.219 e. The molecule has 0 aromatic rings. The molecule has 0 radical (unpaired) electrons. The molecule has 0 aromatic carbocycles. The molecule has 1 unspecified atom stereocenters. The van der Waals surface area contributed by atoms with Crippen LogP contribution in [-0.2, 0) is 4.79 Å². The molecule has 1 saturated heterocycles. The highest BCUT2D eigenvalue weighted by Crippen LogP contribution is 2.37. The zero-order valence-corrected chi connectivity index (χ0v) is 9.61. The number of likely N-dealkylation sites (tertiary alicyclic amines) is 1. The van der Waals surface area contributed by atoms with E-state index in [1.165, 1.54) is 25.7 Å². The van der Waals surface area contributed by atoms with Crippen molar-refractivity contribution in [1.29, 1.82) is 0 Å². The molecule has 1 aliphatic carbocycles. The third-order valence-electron chi connectivity index (χ3n) is 4.24. The molecular formula is C12H22N2O. The van der Waals surface area contributed by atoms with Gasteiger partial charge in [0.2, 0.25) is 5.91 Å². The summed E-state index contributed by atoms with van der Waals surface area (Å²) < 4.78 is 0. The minimum absolute atomic E-state index is 0.216. The number of hydrogen-bond donors (Lipinski definition) is 1. The maximum atomic E-state index is 11.1. The summed E-state index contributed by atoms with van der Waals surface area (Å²) in [6.45, 7) is 4.37. The van der Waals surface area contributed by atoms with Crippen LogP contribution in [-0.4, -0.2) is 30.4 Å². The smallest absolute Gasteiger partial charge is 0.219 e. The lowest BCUT2D eigenvalue weighted by Gasteiger charge is -2.44. The van der Waals surface area contributed by atoms with E-state index in [0.29, 0.717) is 11.8 Å². The number of hydrogen-bond acceptors (Lipinski definition) is 2. The van der Waals surface area contributed by atoms with Gasteiger partial charge in [0.05, 0.1) is 0 Å². The van der Waals surface area contributed by atoms with Crippen molar-refractivity contribution in [2.45, 2.75) is 32.6 Å². The van der Waals surface area contributed by atoms with Gasteiger partial charge in [-0.2, -0.15) is 0 Å². The first-order valence-electron chi connectivity index (χ1n) is 6.18. The monoisotopic (exact) mass is 210 g/mol. The van der Waals surface area contributed by atoms with E-state index in [2.05, 4.69) is 0 Å². The summed E-state index contributed by atoms with van der Waals surface area (Å²) in [5.41, 5.74) is 5.88. The van der Waals surface area contributed by atoms with Gasteiger partial charge in [-0.3, -0.25) is 4.79 Å². The standard InChI is InChI=1S/C12H22N2O/c1-9(15)14-7-11(8-14)12(6-13)10-4-2-3-5-10/h10-12H,2-8,13H2,1H3. The molecule has 0 spiro atoms. The molecule has 1 amide bonds. The van der Waals surface area contributed by atoms with Crippen LogP contribution in [0.4, 0.5) is 0 Å². The van der Waals surface area contributed by atoms with Crippen molar-refractivity contribution in [1.82, 2.24) is 4.90 Å². The average molecular weight is 210 g/mol. The molecule has 3 heteroatoms. The fraction of sp³-hybridized carbons (Fsp3) is 0.917. The van der Waals surface area contributed by atoms with Gasteiger partial charge < -0.3 is 10.6 Å². The summed E-state index contributed by atoms with van der Waals surface area (Å²) in [5.74, 6) is 2.41. The first-order chi connectivity index (χ1) is 7.22. The van der Waals surface area contributed by atoms with Gasteiger partial charge in [-0.1, -0.05) is 25.7 Å². The van der Waals surface area contributed by atoms with Crippen LogP contribution in [0.5, 0.6) is 0 Å². The Morgan fingerprint density at radius 3 is 2.40 bits per heavy atom. The second-order valence-corrected chi connectivity index (χ2v) is 5.13. The normalized spacial score (nSPS) is 25.3. The van der Waals surface area contributed by atoms with E-state index < -0.39 is 0 Å². The van der Waals surface area contributed by atoms with Crippen molar-refractivity contribution in [3.8, 4) is 0 Å². The highest BCUT2D eigenvalue weighted by Gasteiger charge is 2.38. The quantitative estimate of drug-likeness (QED) is 0.761. The van der Waals surface area contributed by atoms with Crippen LogP contribution >= 0.6 is 0 Å². The zero-order valence-electron chi connectivity index (χ0n) is 9.61. The van der Waals surface area contributed by atoms with Crippen molar-refractivity contribution in [2.24, 2.45) is 23.5 Å². The van der Waals surface area contributed by atoms with Gasteiger partial charge in [0.25, 0.3) is 0 Å². The summed E-state index contributed by atoms with van der Waals surface area (Å²) in [4.78, 5) is 13.0. The summed E-state index contributed by atoms with van der Waals surface area (Å²) in [6, 6.07) is 0. The van der Waals surface area contributed by atoms with Gasteiger partial charge in [-0.25, -0.2) is 0 Å². The van der Waals surface area contributed by atoms with Crippen molar-refractivity contribution in [3.05, 3.63) is 0 Å². The molecule has 1 saturated carbocycles. The summed E-state index contributed by atoms with van der Waals surface area (Å²) in [5, 5.41) is 0. The lowest BCUT2D eigenvalue weighted by atomic mass is 9.76. The zero-order chi connectivity index (χ0) is 10.8. The molecular weight excluding hydrogens is 188 g/mol. The predicted molar refractivity (Wildman–Crippen MR) is 60.2 cm³/mol. The van der Waals surface area contributed by atoms with Crippen LogP contribution in [0.25, 0.3) is 0 Å². The molecule has 1 heterocycles. The molecule has 1 aliphatic heterocycles. The second-order valence-electron chi connectivity index (χ2n) is 5.13. The van der Waals surface area contributed by atoms with Gasteiger partial charge >= 0.3 is 0 Å². The number of nitrogens with two attached hydrogens (primary N) is 1. The molecule has 2 N–H and O–H groups in total. The fourth-order valence-electron chi connectivity index (χ4n) is 3.20. The number of nitrogens with zero attached hydrogens (tertiary/aromatic N) is 1. The number of carbonyl (C=O) groups is 1. The van der Waals surface area contributed by atoms with Gasteiger partial charge in [-0.05, 0) is 24.3 Å². The third kappa shape index (κ3) is 2.17. The van der Waals surface area contributed by atoms with E-state index in [-0.39, 0.29) is 5.91 Å².